The molecule has 20 heavy (non-hydrogen) atoms. The summed E-state index contributed by atoms with van der Waals surface area (Å²) in [5, 5.41) is 12.2. The highest BCUT2D eigenvalue weighted by molar-refractivity contribution is 5.74. The smallest absolute Gasteiger partial charge is 0.317 e. The van der Waals surface area contributed by atoms with Gasteiger partial charge in [0, 0.05) is 37.7 Å². The van der Waals surface area contributed by atoms with Crippen LogP contribution in [0.3, 0.4) is 0 Å². The number of hydrogen-bond donors (Lipinski definition) is 2. The molecule has 0 aromatic carbocycles. The SMILES string of the molecule is CC(C)(CNC(=O)N1CCC(CO)C1)N1CCCCC1. The Balaban J connectivity index is 1.77. The summed E-state index contributed by atoms with van der Waals surface area (Å²) in [6.45, 7) is 9.01. The summed E-state index contributed by atoms with van der Waals surface area (Å²) in [7, 11) is 0. The first-order chi connectivity index (χ1) is 9.53. The van der Waals surface area contributed by atoms with Crippen LogP contribution in [0.5, 0.6) is 0 Å². The second-order valence-corrected chi connectivity index (χ2v) is 6.80. The van der Waals surface area contributed by atoms with Crippen LogP contribution in [0.4, 0.5) is 4.79 Å². The van der Waals surface area contributed by atoms with Gasteiger partial charge in [-0.2, -0.15) is 0 Å². The van der Waals surface area contributed by atoms with Gasteiger partial charge in [-0.05, 0) is 46.2 Å². The lowest BCUT2D eigenvalue weighted by Crippen LogP contribution is -2.54. The van der Waals surface area contributed by atoms with Gasteiger partial charge in [-0.1, -0.05) is 6.42 Å². The number of carbonyl (C=O) groups excluding carboxylic acids is 1. The van der Waals surface area contributed by atoms with Gasteiger partial charge in [-0.15, -0.1) is 0 Å². The van der Waals surface area contributed by atoms with Gasteiger partial charge in [0.05, 0.1) is 0 Å². The number of urea groups is 1. The average molecular weight is 283 g/mol. The average Bonchev–Trinajstić information content (AvgIpc) is 2.95. The molecule has 5 heteroatoms. The van der Waals surface area contributed by atoms with Crippen molar-refractivity contribution in [3.8, 4) is 0 Å². The largest absolute Gasteiger partial charge is 0.396 e. The second-order valence-electron chi connectivity index (χ2n) is 6.80. The van der Waals surface area contributed by atoms with Crippen LogP contribution in [0.15, 0.2) is 0 Å². The monoisotopic (exact) mass is 283 g/mol. The molecule has 2 N–H and O–H groups in total. The molecule has 2 rings (SSSR count). The zero-order chi connectivity index (χ0) is 14.6. The third-order valence-corrected chi connectivity index (χ3v) is 4.72. The van der Waals surface area contributed by atoms with Crippen LogP contribution in [-0.4, -0.2) is 65.8 Å². The number of rotatable bonds is 4. The van der Waals surface area contributed by atoms with Gasteiger partial charge in [0.1, 0.15) is 0 Å². The van der Waals surface area contributed by atoms with Crippen LogP contribution >= 0.6 is 0 Å². The van der Waals surface area contributed by atoms with Gasteiger partial charge >= 0.3 is 6.03 Å². The van der Waals surface area contributed by atoms with Crippen LogP contribution < -0.4 is 5.32 Å². The van der Waals surface area contributed by atoms with Gasteiger partial charge in [0.2, 0.25) is 0 Å². The maximum atomic E-state index is 12.2. The van der Waals surface area contributed by atoms with Crippen molar-refractivity contribution < 1.29 is 9.90 Å². The summed E-state index contributed by atoms with van der Waals surface area (Å²) in [5.74, 6) is 0.260. The molecule has 2 fully saturated rings. The van der Waals surface area contributed by atoms with Crippen molar-refractivity contribution in [2.75, 3.05) is 39.3 Å². The Bertz CT molecular complexity index is 327. The molecule has 0 saturated carbocycles. The summed E-state index contributed by atoms with van der Waals surface area (Å²) < 4.78 is 0. The van der Waals surface area contributed by atoms with E-state index in [1.54, 1.807) is 0 Å². The van der Waals surface area contributed by atoms with Crippen molar-refractivity contribution in [2.24, 2.45) is 5.92 Å². The number of amides is 2. The van der Waals surface area contributed by atoms with Crippen LogP contribution in [-0.2, 0) is 0 Å². The van der Waals surface area contributed by atoms with Crippen molar-refractivity contribution in [3.05, 3.63) is 0 Å². The molecule has 0 bridgehead atoms. The highest BCUT2D eigenvalue weighted by atomic mass is 16.3. The molecule has 2 amide bonds. The van der Waals surface area contributed by atoms with Crippen molar-refractivity contribution in [3.63, 3.8) is 0 Å². The fraction of sp³-hybridized carbons (Fsp3) is 0.933. The van der Waals surface area contributed by atoms with E-state index in [0.29, 0.717) is 13.1 Å². The molecule has 2 saturated heterocycles. The number of nitrogens with one attached hydrogen (secondary N) is 1. The quantitative estimate of drug-likeness (QED) is 0.817. The molecule has 0 aromatic heterocycles. The first-order valence-electron chi connectivity index (χ1n) is 7.91. The van der Waals surface area contributed by atoms with E-state index in [1.807, 2.05) is 4.90 Å². The van der Waals surface area contributed by atoms with Gasteiger partial charge < -0.3 is 15.3 Å². The normalized spacial score (nSPS) is 24.9. The Morgan fingerprint density at radius 2 is 1.95 bits per heavy atom. The van der Waals surface area contributed by atoms with E-state index in [-0.39, 0.29) is 24.1 Å². The van der Waals surface area contributed by atoms with E-state index in [0.717, 1.165) is 26.1 Å². The lowest BCUT2D eigenvalue weighted by Gasteiger charge is -2.41. The third-order valence-electron chi connectivity index (χ3n) is 4.72. The molecule has 0 aromatic rings. The van der Waals surface area contributed by atoms with E-state index in [2.05, 4.69) is 24.1 Å². The zero-order valence-electron chi connectivity index (χ0n) is 12.9. The number of aliphatic hydroxyl groups excluding tert-OH is 1. The van der Waals surface area contributed by atoms with E-state index in [1.165, 1.54) is 19.3 Å². The Labute approximate surface area is 122 Å². The first kappa shape index (κ1) is 15.6. The number of likely N-dealkylation sites (tertiary alicyclic amines) is 2. The van der Waals surface area contributed by atoms with E-state index in [9.17, 15) is 4.79 Å². The summed E-state index contributed by atoms with van der Waals surface area (Å²) >= 11 is 0. The molecule has 2 aliphatic heterocycles. The van der Waals surface area contributed by atoms with Crippen molar-refractivity contribution in [1.29, 1.82) is 0 Å². The fourth-order valence-electron chi connectivity index (χ4n) is 3.18. The van der Waals surface area contributed by atoms with Crippen LogP contribution in [0, 0.1) is 5.92 Å². The standard InChI is InChI=1S/C15H29N3O2/c1-15(2,18-7-4-3-5-8-18)12-16-14(20)17-9-6-13(10-17)11-19/h13,19H,3-12H2,1-2H3,(H,16,20). The number of aliphatic hydroxyl groups is 1. The molecule has 1 atom stereocenters. The molecule has 2 aliphatic rings. The zero-order valence-corrected chi connectivity index (χ0v) is 12.9. The van der Waals surface area contributed by atoms with Crippen molar-refractivity contribution >= 4 is 6.03 Å². The number of carbonyl (C=O) groups is 1. The summed E-state index contributed by atoms with van der Waals surface area (Å²) in [6.07, 6.45) is 4.78. The fourth-order valence-corrected chi connectivity index (χ4v) is 3.18. The Morgan fingerprint density at radius 1 is 1.25 bits per heavy atom. The summed E-state index contributed by atoms with van der Waals surface area (Å²) in [4.78, 5) is 16.5. The number of piperidine rings is 1. The Morgan fingerprint density at radius 3 is 2.55 bits per heavy atom. The van der Waals surface area contributed by atoms with Gasteiger partial charge in [-0.25, -0.2) is 4.79 Å². The highest BCUT2D eigenvalue weighted by Crippen LogP contribution is 2.20. The summed E-state index contributed by atoms with van der Waals surface area (Å²) in [6, 6.07) is 0.0195. The second kappa shape index (κ2) is 6.76. The number of hydrogen-bond acceptors (Lipinski definition) is 3. The van der Waals surface area contributed by atoms with Gasteiger partial charge in [0.15, 0.2) is 0 Å². The lowest BCUT2D eigenvalue weighted by atomic mass is 9.98. The molecule has 116 valence electrons. The van der Waals surface area contributed by atoms with Gasteiger partial charge in [0.25, 0.3) is 0 Å². The summed E-state index contributed by atoms with van der Waals surface area (Å²) in [5.41, 5.74) is 0.0200. The van der Waals surface area contributed by atoms with E-state index < -0.39 is 0 Å². The predicted octanol–water partition coefficient (Wildman–Crippen LogP) is 1.27. The predicted molar refractivity (Wildman–Crippen MR) is 79.7 cm³/mol. The third kappa shape index (κ3) is 3.85. The Hall–Kier alpha value is -0.810. The molecule has 0 radical (unpaired) electrons. The molecule has 5 nitrogen and oxygen atoms in total. The minimum absolute atomic E-state index is 0.0195. The molecular formula is C15H29N3O2. The molecule has 0 aliphatic carbocycles. The number of nitrogens with zero attached hydrogens (tertiary/aromatic N) is 2. The topological polar surface area (TPSA) is 55.8 Å². The molecular weight excluding hydrogens is 254 g/mol. The Kier molecular flexibility index (Phi) is 5.27. The maximum Gasteiger partial charge on any atom is 0.317 e. The van der Waals surface area contributed by atoms with Gasteiger partial charge in [-0.3, -0.25) is 4.90 Å². The molecule has 1 unspecified atom stereocenters. The van der Waals surface area contributed by atoms with Crippen molar-refractivity contribution in [1.82, 2.24) is 15.1 Å². The van der Waals surface area contributed by atoms with Crippen LogP contribution in [0.2, 0.25) is 0 Å². The van der Waals surface area contributed by atoms with Crippen LogP contribution in [0.1, 0.15) is 39.5 Å². The minimum Gasteiger partial charge on any atom is -0.396 e. The minimum atomic E-state index is 0.0195. The van der Waals surface area contributed by atoms with E-state index in [4.69, 9.17) is 5.11 Å². The lowest BCUT2D eigenvalue weighted by molar-refractivity contribution is 0.0942. The van der Waals surface area contributed by atoms with Crippen LogP contribution in [0.25, 0.3) is 0 Å². The van der Waals surface area contributed by atoms with E-state index >= 15 is 0 Å². The first-order valence-corrected chi connectivity index (χ1v) is 7.91. The molecule has 0 spiro atoms. The highest BCUT2D eigenvalue weighted by Gasteiger charge is 2.30. The maximum absolute atomic E-state index is 12.2. The molecule has 2 heterocycles. The van der Waals surface area contributed by atoms with Crippen molar-refractivity contribution in [2.45, 2.75) is 45.1 Å².